The van der Waals surface area contributed by atoms with Crippen LogP contribution in [0.3, 0.4) is 0 Å². The third-order valence-electron chi connectivity index (χ3n) is 5.39. The van der Waals surface area contributed by atoms with Crippen molar-refractivity contribution in [1.82, 2.24) is 4.98 Å². The van der Waals surface area contributed by atoms with E-state index in [-0.39, 0.29) is 5.91 Å². The molecule has 1 amide bonds. The van der Waals surface area contributed by atoms with Crippen LogP contribution in [0.1, 0.15) is 29.6 Å². The summed E-state index contributed by atoms with van der Waals surface area (Å²) in [6, 6.07) is 11.3. The third kappa shape index (κ3) is 3.70. The Hall–Kier alpha value is -3.28. The summed E-state index contributed by atoms with van der Waals surface area (Å²) in [6.45, 7) is 2.12. The van der Waals surface area contributed by atoms with Crippen molar-refractivity contribution in [3.05, 3.63) is 54.4 Å². The summed E-state index contributed by atoms with van der Waals surface area (Å²) in [7, 11) is 3.08. The molecule has 2 aromatic carbocycles. The summed E-state index contributed by atoms with van der Waals surface area (Å²) < 4.78 is 10.7. The van der Waals surface area contributed by atoms with Gasteiger partial charge >= 0.3 is 0 Å². The second-order valence-corrected chi connectivity index (χ2v) is 7.10. The number of hydrogen-bond acceptors (Lipinski definition) is 5. The van der Waals surface area contributed by atoms with Crippen molar-refractivity contribution < 1.29 is 14.3 Å². The van der Waals surface area contributed by atoms with Crippen LogP contribution in [-0.4, -0.2) is 38.2 Å². The van der Waals surface area contributed by atoms with E-state index in [2.05, 4.69) is 21.3 Å². The molecule has 1 aromatic heterocycles. The molecule has 6 heteroatoms. The monoisotopic (exact) mass is 391 g/mol. The first kappa shape index (κ1) is 19.1. The number of ether oxygens (including phenoxy) is 2. The molecule has 0 radical (unpaired) electrons. The Balaban J connectivity index is 1.70. The lowest BCUT2D eigenvalue weighted by atomic mass is 10.0. The zero-order chi connectivity index (χ0) is 20.2. The van der Waals surface area contributed by atoms with E-state index in [1.807, 2.05) is 12.1 Å². The Morgan fingerprint density at radius 3 is 2.59 bits per heavy atom. The number of anilines is 2. The number of piperidine rings is 1. The van der Waals surface area contributed by atoms with E-state index in [0.29, 0.717) is 17.1 Å². The Morgan fingerprint density at radius 1 is 1.00 bits per heavy atom. The number of pyridine rings is 1. The number of benzene rings is 2. The molecule has 4 rings (SSSR count). The highest BCUT2D eigenvalue weighted by Gasteiger charge is 2.19. The summed E-state index contributed by atoms with van der Waals surface area (Å²) >= 11 is 0. The van der Waals surface area contributed by atoms with Gasteiger partial charge in [-0.1, -0.05) is 6.07 Å². The van der Waals surface area contributed by atoms with Gasteiger partial charge in [-0.2, -0.15) is 0 Å². The zero-order valence-corrected chi connectivity index (χ0v) is 16.8. The molecule has 0 aliphatic carbocycles. The molecule has 3 aromatic rings. The van der Waals surface area contributed by atoms with Crippen LogP contribution in [0.4, 0.5) is 11.4 Å². The molecule has 1 aliphatic heterocycles. The number of rotatable bonds is 5. The minimum absolute atomic E-state index is 0.253. The number of fused-ring (bicyclic) bond motifs is 1. The number of aromatic nitrogens is 1. The van der Waals surface area contributed by atoms with Crippen LogP contribution in [0.5, 0.6) is 11.5 Å². The average Bonchev–Trinajstić information content (AvgIpc) is 2.79. The van der Waals surface area contributed by atoms with E-state index in [0.717, 1.165) is 29.5 Å². The number of nitrogens with zero attached hydrogens (tertiary/aromatic N) is 2. The van der Waals surface area contributed by atoms with Crippen molar-refractivity contribution in [3.63, 3.8) is 0 Å². The lowest BCUT2D eigenvalue weighted by Crippen LogP contribution is -2.29. The van der Waals surface area contributed by atoms with Gasteiger partial charge in [0.2, 0.25) is 0 Å². The van der Waals surface area contributed by atoms with E-state index in [9.17, 15) is 4.79 Å². The summed E-state index contributed by atoms with van der Waals surface area (Å²) in [5, 5.41) is 5.04. The predicted octanol–water partition coefficient (Wildman–Crippen LogP) is 4.49. The maximum absolute atomic E-state index is 13.0. The number of nitrogens with one attached hydrogen (secondary N) is 1. The molecule has 0 saturated carbocycles. The van der Waals surface area contributed by atoms with E-state index < -0.39 is 0 Å². The Kier molecular flexibility index (Phi) is 5.51. The van der Waals surface area contributed by atoms with E-state index in [4.69, 9.17) is 9.47 Å². The minimum atomic E-state index is -0.253. The summed E-state index contributed by atoms with van der Waals surface area (Å²) in [4.78, 5) is 19.7. The molecular formula is C23H25N3O3. The number of carbonyl (C=O) groups is 1. The van der Waals surface area contributed by atoms with E-state index in [1.54, 1.807) is 37.7 Å². The van der Waals surface area contributed by atoms with Gasteiger partial charge in [0.05, 0.1) is 25.5 Å². The number of hydrogen-bond donors (Lipinski definition) is 1. The van der Waals surface area contributed by atoms with Crippen LogP contribution in [0.15, 0.2) is 48.8 Å². The summed E-state index contributed by atoms with van der Waals surface area (Å²) in [5.74, 6) is 0.684. The lowest BCUT2D eigenvalue weighted by molar-refractivity contribution is 0.102. The molecule has 1 fully saturated rings. The fraction of sp³-hybridized carbons (Fsp3) is 0.304. The zero-order valence-electron chi connectivity index (χ0n) is 16.8. The topological polar surface area (TPSA) is 63.7 Å². The highest BCUT2D eigenvalue weighted by atomic mass is 16.5. The number of methoxy groups -OCH3 is 2. The van der Waals surface area contributed by atoms with Crippen molar-refractivity contribution in [2.24, 2.45) is 0 Å². The van der Waals surface area contributed by atoms with Crippen LogP contribution < -0.4 is 19.7 Å². The molecule has 1 saturated heterocycles. The van der Waals surface area contributed by atoms with Crippen molar-refractivity contribution >= 4 is 28.1 Å². The molecular weight excluding hydrogens is 366 g/mol. The van der Waals surface area contributed by atoms with Gasteiger partial charge in [0.1, 0.15) is 0 Å². The van der Waals surface area contributed by atoms with E-state index in [1.165, 1.54) is 32.1 Å². The Bertz CT molecular complexity index is 1030. The highest BCUT2D eigenvalue weighted by molar-refractivity contribution is 6.12. The Labute approximate surface area is 170 Å². The number of amides is 1. The van der Waals surface area contributed by atoms with Crippen LogP contribution in [0.25, 0.3) is 10.8 Å². The largest absolute Gasteiger partial charge is 0.493 e. The summed E-state index contributed by atoms with van der Waals surface area (Å²) in [6.07, 6.45) is 7.31. The van der Waals surface area contributed by atoms with Crippen LogP contribution in [0.2, 0.25) is 0 Å². The van der Waals surface area contributed by atoms with Gasteiger partial charge < -0.3 is 19.7 Å². The van der Waals surface area contributed by atoms with Gasteiger partial charge in [0, 0.05) is 41.9 Å². The molecule has 2 heterocycles. The Morgan fingerprint density at radius 2 is 1.83 bits per heavy atom. The van der Waals surface area contributed by atoms with Crippen molar-refractivity contribution in [1.29, 1.82) is 0 Å². The van der Waals surface area contributed by atoms with Crippen LogP contribution in [-0.2, 0) is 0 Å². The van der Waals surface area contributed by atoms with Crippen LogP contribution >= 0.6 is 0 Å². The van der Waals surface area contributed by atoms with Gasteiger partial charge in [-0.15, -0.1) is 0 Å². The normalized spacial score (nSPS) is 13.9. The maximum atomic E-state index is 13.0. The first-order valence-electron chi connectivity index (χ1n) is 9.87. The van der Waals surface area contributed by atoms with Gasteiger partial charge in [0.15, 0.2) is 11.5 Å². The quantitative estimate of drug-likeness (QED) is 0.694. The fourth-order valence-corrected chi connectivity index (χ4v) is 3.95. The average molecular weight is 391 g/mol. The first-order valence-corrected chi connectivity index (χ1v) is 9.87. The fourth-order valence-electron chi connectivity index (χ4n) is 3.95. The lowest BCUT2D eigenvalue weighted by Gasteiger charge is -2.30. The second-order valence-electron chi connectivity index (χ2n) is 7.10. The van der Waals surface area contributed by atoms with Crippen LogP contribution in [0, 0.1) is 0 Å². The maximum Gasteiger partial charge on any atom is 0.259 e. The molecule has 6 nitrogen and oxygen atoms in total. The van der Waals surface area contributed by atoms with E-state index >= 15 is 0 Å². The minimum Gasteiger partial charge on any atom is -0.493 e. The molecule has 150 valence electrons. The molecule has 0 bridgehead atoms. The van der Waals surface area contributed by atoms with Gasteiger partial charge in [-0.3, -0.25) is 9.78 Å². The van der Waals surface area contributed by atoms with Crippen molar-refractivity contribution in [2.75, 3.05) is 37.5 Å². The molecule has 0 unspecified atom stereocenters. The third-order valence-corrected chi connectivity index (χ3v) is 5.39. The van der Waals surface area contributed by atoms with Crippen molar-refractivity contribution in [2.45, 2.75) is 19.3 Å². The molecule has 0 atom stereocenters. The number of carbonyl (C=O) groups excluding carboxylic acids is 1. The first-order chi connectivity index (χ1) is 14.2. The van der Waals surface area contributed by atoms with Gasteiger partial charge in [-0.05, 0) is 49.6 Å². The molecule has 0 spiro atoms. The summed E-state index contributed by atoms with van der Waals surface area (Å²) in [5.41, 5.74) is 2.34. The second kappa shape index (κ2) is 8.39. The standard InChI is InChI=1S/C23H25N3O3/c1-28-21-8-6-7-17(22(21)29-2)23(27)25-19-9-10-20(26-13-4-3-5-14-26)16-11-12-24-15-18(16)19/h6-12,15H,3-5,13-14H2,1-2H3,(H,25,27). The highest BCUT2D eigenvalue weighted by Crippen LogP contribution is 2.35. The number of para-hydroxylation sites is 1. The molecule has 1 N–H and O–H groups in total. The SMILES string of the molecule is COc1cccc(C(=O)Nc2ccc(N3CCCCC3)c3ccncc23)c1OC. The predicted molar refractivity (Wildman–Crippen MR) is 115 cm³/mol. The van der Waals surface area contributed by atoms with Crippen molar-refractivity contribution in [3.8, 4) is 11.5 Å². The van der Waals surface area contributed by atoms with Gasteiger partial charge in [0.25, 0.3) is 5.91 Å². The smallest absolute Gasteiger partial charge is 0.259 e. The van der Waals surface area contributed by atoms with Gasteiger partial charge in [-0.25, -0.2) is 0 Å². The molecule has 29 heavy (non-hydrogen) atoms. The molecule has 1 aliphatic rings.